The predicted molar refractivity (Wildman–Crippen MR) is 67.1 cm³/mol. The van der Waals surface area contributed by atoms with E-state index in [0.29, 0.717) is 25.9 Å². The maximum absolute atomic E-state index is 5.55. The van der Waals surface area contributed by atoms with E-state index in [2.05, 4.69) is 17.2 Å². The molecule has 1 N–H and O–H groups in total. The molecule has 0 aliphatic heterocycles. The van der Waals surface area contributed by atoms with Crippen LogP contribution in [0.1, 0.15) is 12.7 Å². The summed E-state index contributed by atoms with van der Waals surface area (Å²) in [6, 6.07) is 0.304. The van der Waals surface area contributed by atoms with E-state index in [1.165, 1.54) is 0 Å². The Morgan fingerprint density at radius 1 is 1.47 bits per heavy atom. The summed E-state index contributed by atoms with van der Waals surface area (Å²) in [5.41, 5.74) is 0. The first kappa shape index (κ1) is 14.2. The average Bonchev–Trinajstić information content (AvgIpc) is 2.71. The number of hydrogen-bond donors (Lipinski definition) is 1. The van der Waals surface area contributed by atoms with Crippen molar-refractivity contribution in [2.45, 2.75) is 19.4 Å². The Bertz CT molecular complexity index is 302. The smallest absolute Gasteiger partial charge is 0.110 e. The topological polar surface area (TPSA) is 48.3 Å². The van der Waals surface area contributed by atoms with Crippen molar-refractivity contribution in [1.29, 1.82) is 0 Å². The number of likely N-dealkylation sites (N-methyl/N-ethyl adjacent to an activating group) is 1. The number of ether oxygens (including phenoxy) is 2. The van der Waals surface area contributed by atoms with Crippen molar-refractivity contribution in [3.63, 3.8) is 0 Å². The van der Waals surface area contributed by atoms with Crippen molar-refractivity contribution in [1.82, 2.24) is 14.9 Å². The van der Waals surface area contributed by atoms with Crippen LogP contribution in [0.3, 0.4) is 0 Å². The van der Waals surface area contributed by atoms with E-state index in [-0.39, 0.29) is 0 Å². The highest BCUT2D eigenvalue weighted by atomic mass is 16.5. The fourth-order valence-electron chi connectivity index (χ4n) is 1.66. The molecule has 0 bridgehead atoms. The quantitative estimate of drug-likeness (QED) is 0.643. The second-order valence-electron chi connectivity index (χ2n) is 3.98. The fourth-order valence-corrected chi connectivity index (χ4v) is 1.66. The lowest BCUT2D eigenvalue weighted by Crippen LogP contribution is -2.36. The van der Waals surface area contributed by atoms with E-state index in [0.717, 1.165) is 18.8 Å². The number of nitrogens with zero attached hydrogens (tertiary/aromatic N) is 2. The molecule has 0 aliphatic carbocycles. The highest BCUT2D eigenvalue weighted by molar-refractivity contribution is 4.94. The van der Waals surface area contributed by atoms with E-state index >= 15 is 0 Å². The molecule has 1 atom stereocenters. The van der Waals surface area contributed by atoms with Crippen molar-refractivity contribution in [3.8, 4) is 0 Å². The molecule has 98 valence electrons. The zero-order valence-electron chi connectivity index (χ0n) is 11.0. The number of aromatic nitrogens is 2. The first-order chi connectivity index (χ1) is 8.27. The summed E-state index contributed by atoms with van der Waals surface area (Å²) in [5, 5.41) is 3.41. The van der Waals surface area contributed by atoms with Crippen molar-refractivity contribution < 1.29 is 9.47 Å². The summed E-state index contributed by atoms with van der Waals surface area (Å²) >= 11 is 0. The third kappa shape index (κ3) is 5.30. The SMILES string of the molecule is CCNC(COCCOC)Cc1nccn1C. The van der Waals surface area contributed by atoms with Gasteiger partial charge in [-0.05, 0) is 6.54 Å². The molecule has 1 rings (SSSR count). The lowest BCUT2D eigenvalue weighted by Gasteiger charge is -2.17. The van der Waals surface area contributed by atoms with E-state index in [1.54, 1.807) is 7.11 Å². The summed E-state index contributed by atoms with van der Waals surface area (Å²) in [5.74, 6) is 1.08. The van der Waals surface area contributed by atoms with Crippen LogP contribution in [0.2, 0.25) is 0 Å². The van der Waals surface area contributed by atoms with Gasteiger partial charge >= 0.3 is 0 Å². The van der Waals surface area contributed by atoms with Gasteiger partial charge in [0.2, 0.25) is 0 Å². The van der Waals surface area contributed by atoms with Crippen molar-refractivity contribution in [3.05, 3.63) is 18.2 Å². The molecular weight excluding hydrogens is 218 g/mol. The molecule has 0 fully saturated rings. The second kappa shape index (κ2) is 8.22. The molecule has 0 amide bonds. The van der Waals surface area contributed by atoms with Gasteiger partial charge in [-0.2, -0.15) is 0 Å². The fraction of sp³-hybridized carbons (Fsp3) is 0.750. The number of hydrogen-bond acceptors (Lipinski definition) is 4. The molecule has 0 spiro atoms. The molecule has 0 saturated carbocycles. The van der Waals surface area contributed by atoms with E-state index < -0.39 is 0 Å². The molecule has 5 heteroatoms. The number of imidazole rings is 1. The summed E-state index contributed by atoms with van der Waals surface area (Å²) in [7, 11) is 3.69. The molecule has 0 aliphatic rings. The van der Waals surface area contributed by atoms with Crippen LogP contribution >= 0.6 is 0 Å². The highest BCUT2D eigenvalue weighted by Crippen LogP contribution is 2.00. The second-order valence-corrected chi connectivity index (χ2v) is 3.98. The van der Waals surface area contributed by atoms with Gasteiger partial charge in [0.05, 0.1) is 19.8 Å². The zero-order chi connectivity index (χ0) is 12.5. The Kier molecular flexibility index (Phi) is 6.84. The van der Waals surface area contributed by atoms with Crippen LogP contribution < -0.4 is 5.32 Å². The molecule has 0 radical (unpaired) electrons. The Morgan fingerprint density at radius 3 is 2.88 bits per heavy atom. The van der Waals surface area contributed by atoms with Crippen LogP contribution in [0.15, 0.2) is 12.4 Å². The van der Waals surface area contributed by atoms with Gasteiger partial charge in [0, 0.05) is 39.0 Å². The van der Waals surface area contributed by atoms with Gasteiger partial charge in [-0.25, -0.2) is 4.98 Å². The average molecular weight is 241 g/mol. The Hall–Kier alpha value is -0.910. The van der Waals surface area contributed by atoms with Gasteiger partial charge in [-0.15, -0.1) is 0 Å². The molecule has 1 unspecified atom stereocenters. The van der Waals surface area contributed by atoms with Crippen LogP contribution in [-0.2, 0) is 22.9 Å². The van der Waals surface area contributed by atoms with Crippen LogP contribution in [0, 0.1) is 0 Å². The lowest BCUT2D eigenvalue weighted by atomic mass is 10.2. The monoisotopic (exact) mass is 241 g/mol. The largest absolute Gasteiger partial charge is 0.382 e. The summed E-state index contributed by atoms with van der Waals surface area (Å²) in [6.07, 6.45) is 4.67. The molecule has 0 saturated heterocycles. The number of aryl methyl sites for hydroxylation is 1. The molecular formula is C12H23N3O2. The van der Waals surface area contributed by atoms with Crippen LogP contribution in [0.25, 0.3) is 0 Å². The third-order valence-electron chi connectivity index (χ3n) is 2.59. The maximum Gasteiger partial charge on any atom is 0.110 e. The molecule has 1 aromatic heterocycles. The third-order valence-corrected chi connectivity index (χ3v) is 2.59. The first-order valence-electron chi connectivity index (χ1n) is 6.04. The van der Waals surface area contributed by atoms with Gasteiger partial charge in [0.25, 0.3) is 0 Å². The minimum atomic E-state index is 0.304. The predicted octanol–water partition coefficient (Wildman–Crippen LogP) is 0.604. The summed E-state index contributed by atoms with van der Waals surface area (Å²) in [6.45, 7) is 4.99. The molecule has 5 nitrogen and oxygen atoms in total. The molecule has 1 aromatic rings. The lowest BCUT2D eigenvalue weighted by molar-refractivity contribution is 0.0586. The van der Waals surface area contributed by atoms with Crippen LogP contribution in [0.4, 0.5) is 0 Å². The number of nitrogens with one attached hydrogen (secondary N) is 1. The first-order valence-corrected chi connectivity index (χ1v) is 6.04. The minimum Gasteiger partial charge on any atom is -0.382 e. The van der Waals surface area contributed by atoms with Crippen molar-refractivity contribution in [2.24, 2.45) is 7.05 Å². The Labute approximate surface area is 103 Å². The zero-order valence-corrected chi connectivity index (χ0v) is 11.0. The van der Waals surface area contributed by atoms with Crippen molar-refractivity contribution >= 4 is 0 Å². The van der Waals surface area contributed by atoms with Gasteiger partial charge in [0.15, 0.2) is 0 Å². The van der Waals surface area contributed by atoms with Gasteiger partial charge < -0.3 is 19.4 Å². The summed E-state index contributed by atoms with van der Waals surface area (Å²) in [4.78, 5) is 4.32. The Balaban J connectivity index is 2.35. The minimum absolute atomic E-state index is 0.304. The van der Waals surface area contributed by atoms with E-state index in [4.69, 9.17) is 9.47 Å². The van der Waals surface area contributed by atoms with E-state index in [1.807, 2.05) is 24.0 Å². The van der Waals surface area contributed by atoms with Crippen LogP contribution in [-0.4, -0.2) is 49.1 Å². The molecule has 17 heavy (non-hydrogen) atoms. The number of methoxy groups -OCH3 is 1. The molecule has 0 aromatic carbocycles. The number of rotatable bonds is 9. The van der Waals surface area contributed by atoms with E-state index in [9.17, 15) is 0 Å². The maximum atomic E-state index is 5.55. The standard InChI is InChI=1S/C12H23N3O2/c1-4-13-11(10-17-8-7-16-3)9-12-14-5-6-15(12)2/h5-6,11,13H,4,7-10H2,1-3H3. The van der Waals surface area contributed by atoms with Crippen molar-refractivity contribution in [2.75, 3.05) is 33.5 Å². The normalized spacial score (nSPS) is 12.9. The molecule has 1 heterocycles. The highest BCUT2D eigenvalue weighted by Gasteiger charge is 2.11. The van der Waals surface area contributed by atoms with Gasteiger partial charge in [-0.3, -0.25) is 0 Å². The summed E-state index contributed by atoms with van der Waals surface area (Å²) < 4.78 is 12.5. The van der Waals surface area contributed by atoms with Crippen LogP contribution in [0.5, 0.6) is 0 Å². The Morgan fingerprint density at radius 2 is 2.29 bits per heavy atom. The van der Waals surface area contributed by atoms with Gasteiger partial charge in [-0.1, -0.05) is 6.92 Å². The van der Waals surface area contributed by atoms with Gasteiger partial charge in [0.1, 0.15) is 5.82 Å².